The van der Waals surface area contributed by atoms with Crippen molar-refractivity contribution in [3.63, 3.8) is 0 Å². The van der Waals surface area contributed by atoms with Crippen molar-refractivity contribution in [2.75, 3.05) is 37.6 Å². The third kappa shape index (κ3) is 2.21. The van der Waals surface area contributed by atoms with E-state index >= 15 is 0 Å². The fourth-order valence-electron chi connectivity index (χ4n) is 3.28. The summed E-state index contributed by atoms with van der Waals surface area (Å²) in [5, 5.41) is 1.79. The zero-order valence-corrected chi connectivity index (χ0v) is 13.3. The summed E-state index contributed by atoms with van der Waals surface area (Å²) in [5.74, 6) is 1.01. The molecule has 0 atom stereocenters. The van der Waals surface area contributed by atoms with Crippen LogP contribution in [0.4, 0.5) is 5.82 Å². The monoisotopic (exact) mass is 316 g/mol. The molecule has 0 amide bonds. The number of hydrogen-bond donors (Lipinski definition) is 2. The molecule has 3 heterocycles. The minimum atomic E-state index is 0.730. The van der Waals surface area contributed by atoms with Crippen molar-refractivity contribution in [1.82, 2.24) is 15.0 Å². The van der Waals surface area contributed by atoms with Crippen LogP contribution in [0.1, 0.15) is 6.92 Å². The molecule has 3 aromatic rings. The van der Waals surface area contributed by atoms with Gasteiger partial charge in [0.2, 0.25) is 0 Å². The van der Waals surface area contributed by atoms with Gasteiger partial charge in [0.05, 0.1) is 32.7 Å². The van der Waals surface area contributed by atoms with E-state index in [4.69, 9.17) is 11.6 Å². The van der Waals surface area contributed by atoms with E-state index in [9.17, 15) is 0 Å². The summed E-state index contributed by atoms with van der Waals surface area (Å²) in [6.45, 7) is 7.83. The quantitative estimate of drug-likeness (QED) is 0.753. The van der Waals surface area contributed by atoms with Crippen LogP contribution in [-0.4, -0.2) is 47.7 Å². The highest BCUT2D eigenvalue weighted by molar-refractivity contribution is 6.31. The van der Waals surface area contributed by atoms with E-state index < -0.39 is 0 Å². The summed E-state index contributed by atoms with van der Waals surface area (Å²) in [7, 11) is 0. The first-order valence-electron chi connectivity index (χ1n) is 7.76. The van der Waals surface area contributed by atoms with Crippen LogP contribution >= 0.6 is 11.6 Å². The van der Waals surface area contributed by atoms with Crippen molar-refractivity contribution < 1.29 is 4.90 Å². The second-order valence-corrected chi connectivity index (χ2v) is 6.26. The van der Waals surface area contributed by atoms with E-state index in [-0.39, 0.29) is 0 Å². The lowest BCUT2D eigenvalue weighted by Crippen LogP contribution is -3.14. The molecule has 1 aliphatic heterocycles. The average molecular weight is 317 g/mol. The predicted octanol–water partition coefficient (Wildman–Crippen LogP) is 1.49. The van der Waals surface area contributed by atoms with Crippen LogP contribution in [0.3, 0.4) is 0 Å². The number of anilines is 1. The Labute approximate surface area is 133 Å². The summed E-state index contributed by atoms with van der Waals surface area (Å²) in [6, 6.07) is 5.86. The molecule has 0 bridgehead atoms. The van der Waals surface area contributed by atoms with Gasteiger partial charge in [-0.1, -0.05) is 11.6 Å². The molecule has 5 nitrogen and oxygen atoms in total. The summed E-state index contributed by atoms with van der Waals surface area (Å²) < 4.78 is 0. The van der Waals surface area contributed by atoms with Crippen molar-refractivity contribution in [3.05, 3.63) is 29.5 Å². The Kier molecular flexibility index (Phi) is 3.39. The maximum atomic E-state index is 6.13. The van der Waals surface area contributed by atoms with Gasteiger partial charge in [-0.2, -0.15) is 0 Å². The second kappa shape index (κ2) is 5.41. The standard InChI is InChI=1S/C16H18ClN5/c1-2-21-5-7-22(8-6-21)16-15-14(18-10-19-16)12-9-11(17)3-4-13(12)20-15/h3-4,9-10,20H,2,5-8H2,1H3/p+1. The Morgan fingerprint density at radius 3 is 2.86 bits per heavy atom. The molecule has 1 aromatic carbocycles. The SMILES string of the molecule is CC[NH+]1CCN(c2ncnc3c2[nH]c2ccc(Cl)cc23)CC1. The molecule has 1 saturated heterocycles. The van der Waals surface area contributed by atoms with E-state index in [1.807, 2.05) is 18.2 Å². The van der Waals surface area contributed by atoms with Crippen molar-refractivity contribution in [2.24, 2.45) is 0 Å². The van der Waals surface area contributed by atoms with Crippen LogP contribution in [0.5, 0.6) is 0 Å². The van der Waals surface area contributed by atoms with Crippen molar-refractivity contribution in [1.29, 1.82) is 0 Å². The average Bonchev–Trinajstić information content (AvgIpc) is 2.93. The number of H-pyrrole nitrogens is 1. The maximum Gasteiger partial charge on any atom is 0.156 e. The number of halogens is 1. The highest BCUT2D eigenvalue weighted by Gasteiger charge is 2.22. The number of quaternary nitrogens is 1. The fourth-order valence-corrected chi connectivity index (χ4v) is 3.45. The van der Waals surface area contributed by atoms with Gasteiger partial charge in [-0.15, -0.1) is 0 Å². The Balaban J connectivity index is 1.80. The van der Waals surface area contributed by atoms with E-state index in [0.717, 1.165) is 59.0 Å². The molecular weight excluding hydrogens is 298 g/mol. The second-order valence-electron chi connectivity index (χ2n) is 5.83. The number of benzene rings is 1. The number of nitrogens with zero attached hydrogens (tertiary/aromatic N) is 3. The molecule has 22 heavy (non-hydrogen) atoms. The lowest BCUT2D eigenvalue weighted by Gasteiger charge is -2.32. The summed E-state index contributed by atoms with van der Waals surface area (Å²) in [6.07, 6.45) is 1.66. The van der Waals surface area contributed by atoms with E-state index in [2.05, 4.69) is 26.8 Å². The highest BCUT2D eigenvalue weighted by atomic mass is 35.5. The molecule has 4 rings (SSSR count). The third-order valence-corrected chi connectivity index (χ3v) is 4.83. The van der Waals surface area contributed by atoms with Gasteiger partial charge < -0.3 is 14.8 Å². The van der Waals surface area contributed by atoms with Gasteiger partial charge >= 0.3 is 0 Å². The summed E-state index contributed by atoms with van der Waals surface area (Å²) in [4.78, 5) is 16.5. The molecule has 0 saturated carbocycles. The number of rotatable bonds is 2. The predicted molar refractivity (Wildman–Crippen MR) is 89.9 cm³/mol. The molecule has 0 radical (unpaired) electrons. The first-order chi connectivity index (χ1) is 10.8. The smallest absolute Gasteiger partial charge is 0.156 e. The lowest BCUT2D eigenvalue weighted by molar-refractivity contribution is -0.898. The lowest BCUT2D eigenvalue weighted by atomic mass is 10.2. The van der Waals surface area contributed by atoms with Gasteiger partial charge in [-0.3, -0.25) is 0 Å². The Morgan fingerprint density at radius 1 is 1.27 bits per heavy atom. The van der Waals surface area contributed by atoms with Gasteiger partial charge in [0, 0.05) is 15.9 Å². The Morgan fingerprint density at radius 2 is 2.09 bits per heavy atom. The maximum absolute atomic E-state index is 6.13. The molecule has 6 heteroatoms. The van der Waals surface area contributed by atoms with Crippen LogP contribution in [0.25, 0.3) is 21.9 Å². The zero-order valence-electron chi connectivity index (χ0n) is 12.6. The number of nitrogens with one attached hydrogen (secondary N) is 2. The Bertz CT molecular complexity index is 820. The third-order valence-electron chi connectivity index (χ3n) is 4.59. The van der Waals surface area contributed by atoms with Crippen LogP contribution in [0.15, 0.2) is 24.5 Å². The highest BCUT2D eigenvalue weighted by Crippen LogP contribution is 2.30. The van der Waals surface area contributed by atoms with Crippen molar-refractivity contribution in [2.45, 2.75) is 6.92 Å². The largest absolute Gasteiger partial charge is 0.350 e. The van der Waals surface area contributed by atoms with Gasteiger partial charge in [0.15, 0.2) is 5.82 Å². The van der Waals surface area contributed by atoms with Crippen molar-refractivity contribution >= 4 is 39.4 Å². The molecule has 0 unspecified atom stereocenters. The van der Waals surface area contributed by atoms with Crippen LogP contribution in [0, 0.1) is 0 Å². The molecule has 1 aliphatic rings. The van der Waals surface area contributed by atoms with Gasteiger partial charge in [-0.05, 0) is 25.1 Å². The zero-order chi connectivity index (χ0) is 15.1. The van der Waals surface area contributed by atoms with E-state index in [1.165, 1.54) is 6.54 Å². The van der Waals surface area contributed by atoms with Gasteiger partial charge in [0.25, 0.3) is 0 Å². The molecule has 0 spiro atoms. The van der Waals surface area contributed by atoms with Gasteiger partial charge in [-0.25, -0.2) is 9.97 Å². The fraction of sp³-hybridized carbons (Fsp3) is 0.375. The molecular formula is C16H19ClN5+. The summed E-state index contributed by atoms with van der Waals surface area (Å²) >= 11 is 6.13. The van der Waals surface area contributed by atoms with E-state index in [1.54, 1.807) is 11.2 Å². The first-order valence-corrected chi connectivity index (χ1v) is 8.14. The number of likely N-dealkylation sites (N-methyl/N-ethyl adjacent to an activating group) is 1. The van der Waals surface area contributed by atoms with Gasteiger partial charge in [0.1, 0.15) is 17.4 Å². The Hall–Kier alpha value is -1.85. The number of aromatic nitrogens is 3. The van der Waals surface area contributed by atoms with E-state index in [0.29, 0.717) is 0 Å². The number of hydrogen-bond acceptors (Lipinski definition) is 3. The van der Waals surface area contributed by atoms with Crippen molar-refractivity contribution in [3.8, 4) is 0 Å². The first kappa shape index (κ1) is 13.8. The molecule has 114 valence electrons. The molecule has 2 N–H and O–H groups in total. The number of aromatic amines is 1. The topological polar surface area (TPSA) is 49.2 Å². The van der Waals surface area contributed by atoms with Crippen LogP contribution in [0.2, 0.25) is 5.02 Å². The number of fused-ring (bicyclic) bond motifs is 3. The summed E-state index contributed by atoms with van der Waals surface area (Å²) in [5.41, 5.74) is 3.02. The number of piperazine rings is 1. The molecule has 1 fully saturated rings. The normalized spacial score (nSPS) is 16.7. The van der Waals surface area contributed by atoms with Crippen LogP contribution in [-0.2, 0) is 0 Å². The minimum absolute atomic E-state index is 0.730. The molecule has 2 aromatic heterocycles. The minimum Gasteiger partial charge on any atom is -0.350 e. The van der Waals surface area contributed by atoms with Crippen LogP contribution < -0.4 is 9.80 Å². The molecule has 0 aliphatic carbocycles.